The van der Waals surface area contributed by atoms with Gasteiger partial charge in [-0.2, -0.15) is 0 Å². The van der Waals surface area contributed by atoms with Crippen molar-refractivity contribution in [3.8, 4) is 5.75 Å². The molecule has 0 saturated heterocycles. The van der Waals surface area contributed by atoms with E-state index >= 15 is 0 Å². The molecule has 3 rings (SSSR count). The number of aromatic nitrogens is 1. The molecule has 37 heavy (non-hydrogen) atoms. The second-order valence-electron chi connectivity index (χ2n) is 7.05. The van der Waals surface area contributed by atoms with E-state index in [1.807, 2.05) is 30.3 Å². The number of guanidine groups is 1. The van der Waals surface area contributed by atoms with E-state index in [-0.39, 0.29) is 11.9 Å². The van der Waals surface area contributed by atoms with E-state index in [9.17, 15) is 4.79 Å². The van der Waals surface area contributed by atoms with Crippen LogP contribution in [0.1, 0.15) is 10.4 Å². The van der Waals surface area contributed by atoms with Gasteiger partial charge >= 0.3 is 0 Å². The monoisotopic (exact) mass is 554 g/mol. The molecule has 3 aromatic rings. The van der Waals surface area contributed by atoms with E-state index in [2.05, 4.69) is 15.3 Å². The number of rotatable bonds is 6. The van der Waals surface area contributed by atoms with E-state index in [4.69, 9.17) is 41.1 Å². The summed E-state index contributed by atoms with van der Waals surface area (Å²) >= 11 is 0. The number of hydrogen-bond donors (Lipinski definition) is 2. The van der Waals surface area contributed by atoms with Gasteiger partial charge in [0.2, 0.25) is 5.96 Å². The van der Waals surface area contributed by atoms with Gasteiger partial charge in [0.25, 0.3) is 5.91 Å². The van der Waals surface area contributed by atoms with Gasteiger partial charge < -0.3 is 24.3 Å². The largest absolute Gasteiger partial charge is 0.748 e. The van der Waals surface area contributed by atoms with E-state index in [0.717, 1.165) is 0 Å². The molecular formula is C22H26N4O9S2-2. The fraction of sp³-hybridized carbons (Fsp3) is 0.227. The molecule has 1 amide bonds. The van der Waals surface area contributed by atoms with Crippen molar-refractivity contribution in [2.24, 2.45) is 10.7 Å². The van der Waals surface area contributed by atoms with Crippen molar-refractivity contribution in [3.05, 3.63) is 66.4 Å². The third-order valence-corrected chi connectivity index (χ3v) is 3.77. The number of methoxy groups -OCH3 is 1. The van der Waals surface area contributed by atoms with Crippen molar-refractivity contribution in [1.82, 2.24) is 10.3 Å². The number of carbonyl (C=O) groups is 1. The maximum Gasteiger partial charge on any atom is 0.258 e. The highest BCUT2D eigenvalue weighted by Gasteiger charge is 2.14. The van der Waals surface area contributed by atoms with Crippen LogP contribution in [-0.2, 0) is 25.0 Å². The van der Waals surface area contributed by atoms with Crippen LogP contribution < -0.4 is 15.8 Å². The molecule has 0 fully saturated rings. The van der Waals surface area contributed by atoms with E-state index in [1.165, 1.54) is 0 Å². The average molecular weight is 555 g/mol. The first-order valence-corrected chi connectivity index (χ1v) is 13.8. The summed E-state index contributed by atoms with van der Waals surface area (Å²) in [5, 5.41) is 3.27. The standard InChI is InChI=1S/C20H20N4O3.2CH4O3S/c1-26-12-13-27-17-9-5-8-15-16(10-11-22-18(15)17)19(25)24-20(21)23-14-6-3-2-4-7-14;2*1-5(2,3)4/h2-11H,12-13H2,1H3,(H3,21,23,24,25);2*1H3,(H,2,3,4)/p-2. The van der Waals surface area contributed by atoms with Crippen LogP contribution in [0.5, 0.6) is 5.75 Å². The zero-order chi connectivity index (χ0) is 28.1. The Kier molecular flexibility index (Phi) is 12.6. The maximum absolute atomic E-state index is 12.7. The fourth-order valence-electron chi connectivity index (χ4n) is 2.55. The van der Waals surface area contributed by atoms with Gasteiger partial charge in [-0.15, -0.1) is 0 Å². The van der Waals surface area contributed by atoms with E-state index < -0.39 is 20.2 Å². The summed E-state index contributed by atoms with van der Waals surface area (Å²) in [4.78, 5) is 21.2. The third-order valence-electron chi connectivity index (χ3n) is 3.77. The number of aliphatic imine (C=N–C) groups is 1. The van der Waals surface area contributed by atoms with Gasteiger partial charge in [0.1, 0.15) is 17.9 Å². The molecule has 15 heteroatoms. The zero-order valence-corrected chi connectivity index (χ0v) is 21.8. The molecule has 3 N–H and O–H groups in total. The van der Waals surface area contributed by atoms with Crippen LogP contribution in [0.25, 0.3) is 10.9 Å². The van der Waals surface area contributed by atoms with Gasteiger partial charge in [-0.3, -0.25) is 15.1 Å². The Morgan fingerprint density at radius 1 is 0.973 bits per heavy atom. The molecule has 2 aromatic carbocycles. The van der Waals surface area contributed by atoms with E-state index in [1.54, 1.807) is 37.6 Å². The first-order valence-electron chi connectivity index (χ1n) is 10.2. The second-order valence-corrected chi connectivity index (χ2v) is 9.86. The Labute approximate surface area is 214 Å². The highest BCUT2D eigenvalue weighted by molar-refractivity contribution is 7.85. The maximum atomic E-state index is 12.7. The summed E-state index contributed by atoms with van der Waals surface area (Å²) in [5.74, 6) is 0.238. The normalized spacial score (nSPS) is 11.4. The molecular weight excluding hydrogens is 528 g/mol. The number of carbonyl (C=O) groups excluding carboxylic acids is 1. The molecule has 1 aromatic heterocycles. The molecule has 0 aliphatic heterocycles. The lowest BCUT2D eigenvalue weighted by atomic mass is 10.1. The van der Waals surface area contributed by atoms with Crippen LogP contribution in [0.2, 0.25) is 0 Å². The van der Waals surface area contributed by atoms with Gasteiger partial charge in [0.15, 0.2) is 0 Å². The first kappa shape index (κ1) is 31.4. The predicted octanol–water partition coefficient (Wildman–Crippen LogP) is 0.959. The number of ether oxygens (including phenoxy) is 2. The Balaban J connectivity index is 0.000000583. The lowest BCUT2D eigenvalue weighted by molar-refractivity contribution is 0.0978. The van der Waals surface area contributed by atoms with Crippen molar-refractivity contribution >= 4 is 48.7 Å². The smallest absolute Gasteiger partial charge is 0.258 e. The van der Waals surface area contributed by atoms with Gasteiger partial charge in [0, 0.05) is 31.2 Å². The van der Waals surface area contributed by atoms with Crippen molar-refractivity contribution < 1.29 is 40.2 Å². The number of benzene rings is 2. The SMILES string of the molecule is COCCOc1cccc2c(C(=O)NC(N)=Nc3ccccc3)ccnc12.CS(=O)(=O)[O-].CS(=O)(=O)[O-]. The summed E-state index contributed by atoms with van der Waals surface area (Å²) in [5.41, 5.74) is 7.55. The topological polar surface area (TPSA) is 213 Å². The molecule has 0 saturated carbocycles. The molecule has 0 spiro atoms. The number of fused-ring (bicyclic) bond motifs is 1. The average Bonchev–Trinajstić information content (AvgIpc) is 2.77. The fourth-order valence-corrected chi connectivity index (χ4v) is 2.55. The number of nitrogens with zero attached hydrogens (tertiary/aromatic N) is 2. The van der Waals surface area contributed by atoms with Crippen LogP contribution in [0.4, 0.5) is 5.69 Å². The molecule has 0 atom stereocenters. The molecule has 0 radical (unpaired) electrons. The number of hydrogen-bond acceptors (Lipinski definition) is 11. The Bertz CT molecular complexity index is 1370. The summed E-state index contributed by atoms with van der Waals surface area (Å²) in [7, 11) is -6.23. The lowest BCUT2D eigenvalue weighted by Gasteiger charge is -2.11. The highest BCUT2D eigenvalue weighted by Crippen LogP contribution is 2.26. The number of para-hydroxylation sites is 2. The third kappa shape index (κ3) is 14.5. The molecule has 1 heterocycles. The summed E-state index contributed by atoms with van der Waals surface area (Å²) in [6.07, 6.45) is 2.77. The number of nitrogens with two attached hydrogens (primary N) is 1. The minimum Gasteiger partial charge on any atom is -0.748 e. The number of pyridine rings is 1. The summed E-state index contributed by atoms with van der Waals surface area (Å²) in [6, 6.07) is 16.2. The summed E-state index contributed by atoms with van der Waals surface area (Å²) in [6.45, 7) is 0.855. The highest BCUT2D eigenvalue weighted by atomic mass is 32.2. The van der Waals surface area contributed by atoms with Gasteiger partial charge in [-0.05, 0) is 24.3 Å². The van der Waals surface area contributed by atoms with Gasteiger partial charge in [-0.1, -0.05) is 30.3 Å². The molecule has 202 valence electrons. The quantitative estimate of drug-likeness (QED) is 0.189. The minimum atomic E-state index is -3.92. The molecule has 0 aliphatic carbocycles. The minimum absolute atomic E-state index is 0.0173. The van der Waals surface area contributed by atoms with Crippen molar-refractivity contribution in [2.75, 3.05) is 32.8 Å². The van der Waals surface area contributed by atoms with Crippen LogP contribution in [0.15, 0.2) is 65.8 Å². The molecule has 13 nitrogen and oxygen atoms in total. The Morgan fingerprint density at radius 2 is 1.57 bits per heavy atom. The Hall–Kier alpha value is -3.63. The number of amides is 1. The van der Waals surface area contributed by atoms with Crippen molar-refractivity contribution in [2.45, 2.75) is 0 Å². The van der Waals surface area contributed by atoms with Crippen LogP contribution in [0.3, 0.4) is 0 Å². The van der Waals surface area contributed by atoms with E-state index in [0.29, 0.717) is 53.6 Å². The van der Waals surface area contributed by atoms with Crippen molar-refractivity contribution in [1.29, 1.82) is 0 Å². The van der Waals surface area contributed by atoms with Gasteiger partial charge in [0.05, 0.1) is 38.1 Å². The molecule has 0 bridgehead atoms. The van der Waals surface area contributed by atoms with Crippen molar-refractivity contribution in [3.63, 3.8) is 0 Å². The number of nitrogens with one attached hydrogen (secondary N) is 1. The van der Waals surface area contributed by atoms with Crippen LogP contribution in [0, 0.1) is 0 Å². The summed E-state index contributed by atoms with van der Waals surface area (Å²) < 4.78 is 65.1. The lowest BCUT2D eigenvalue weighted by Crippen LogP contribution is -2.36. The molecule has 0 unspecified atom stereocenters. The molecule has 0 aliphatic rings. The predicted molar refractivity (Wildman–Crippen MR) is 136 cm³/mol. The zero-order valence-electron chi connectivity index (χ0n) is 20.2. The second kappa shape index (κ2) is 14.8. The van der Waals surface area contributed by atoms with Gasteiger partial charge in [-0.25, -0.2) is 21.8 Å². The first-order chi connectivity index (χ1) is 17.2. The van der Waals surface area contributed by atoms with Crippen LogP contribution in [-0.4, -0.2) is 75.6 Å². The van der Waals surface area contributed by atoms with Crippen LogP contribution >= 0.6 is 0 Å². The Morgan fingerprint density at radius 3 is 2.14 bits per heavy atom.